The van der Waals surface area contributed by atoms with Crippen molar-refractivity contribution in [3.63, 3.8) is 0 Å². The summed E-state index contributed by atoms with van der Waals surface area (Å²) >= 11 is 0. The van der Waals surface area contributed by atoms with Crippen LogP contribution in [-0.2, 0) is 30.3 Å². The van der Waals surface area contributed by atoms with Crippen LogP contribution in [-0.4, -0.2) is 47.1 Å². The van der Waals surface area contributed by atoms with Crippen LogP contribution >= 0.6 is 0 Å². The van der Waals surface area contributed by atoms with Crippen molar-refractivity contribution in [2.75, 3.05) is 6.61 Å². The lowest BCUT2D eigenvalue weighted by Crippen LogP contribution is -2.45. The number of carbonyl (C=O) groups is 2. The van der Waals surface area contributed by atoms with Gasteiger partial charge in [0.25, 0.3) is 5.91 Å². The molecule has 2 rings (SSSR count). The van der Waals surface area contributed by atoms with Gasteiger partial charge in [0.15, 0.2) is 11.9 Å². The van der Waals surface area contributed by atoms with Gasteiger partial charge in [0, 0.05) is 0 Å². The molecule has 0 aliphatic carbocycles. The summed E-state index contributed by atoms with van der Waals surface area (Å²) in [6.45, 7) is 10.1. The topological polar surface area (TPSA) is 103 Å². The molecule has 8 heteroatoms. The van der Waals surface area contributed by atoms with E-state index in [9.17, 15) is 14.7 Å². The second-order valence-corrected chi connectivity index (χ2v) is 8.94. The number of amides is 1. The van der Waals surface area contributed by atoms with Crippen molar-refractivity contribution in [3.05, 3.63) is 47.4 Å². The number of ether oxygens (including phenoxy) is 4. The maximum absolute atomic E-state index is 12.6. The van der Waals surface area contributed by atoms with E-state index in [1.807, 2.05) is 30.3 Å². The average Bonchev–Trinajstić information content (AvgIpc) is 2.91. The minimum atomic E-state index is -1.12. The Morgan fingerprint density at radius 2 is 1.73 bits per heavy atom. The van der Waals surface area contributed by atoms with E-state index in [2.05, 4.69) is 5.32 Å². The lowest BCUT2D eigenvalue weighted by Gasteiger charge is -2.26. The highest BCUT2D eigenvalue weighted by atomic mass is 16.7. The molecular weight excluding hydrogens is 390 g/mol. The first-order chi connectivity index (χ1) is 13.9. The number of aliphatic hydroxyl groups is 1. The summed E-state index contributed by atoms with van der Waals surface area (Å²) in [5.41, 5.74) is -0.547. The van der Waals surface area contributed by atoms with Crippen LogP contribution in [0.2, 0.25) is 0 Å². The van der Waals surface area contributed by atoms with E-state index in [4.69, 9.17) is 18.9 Å². The highest BCUT2D eigenvalue weighted by Gasteiger charge is 2.43. The molecule has 2 N–H and O–H groups in total. The van der Waals surface area contributed by atoms with E-state index in [1.54, 1.807) is 41.5 Å². The zero-order valence-corrected chi connectivity index (χ0v) is 18.4. The van der Waals surface area contributed by atoms with Crippen molar-refractivity contribution >= 4 is 12.1 Å². The number of aliphatic hydroxyl groups excluding tert-OH is 1. The van der Waals surface area contributed by atoms with Crippen molar-refractivity contribution in [2.24, 2.45) is 0 Å². The van der Waals surface area contributed by atoms with Crippen molar-refractivity contribution in [3.8, 4) is 0 Å². The first-order valence-corrected chi connectivity index (χ1v) is 9.81. The predicted octanol–water partition coefficient (Wildman–Crippen LogP) is 3.04. The maximum Gasteiger partial charge on any atom is 0.509 e. The normalized spacial score (nSPS) is 18.0. The van der Waals surface area contributed by atoms with Gasteiger partial charge in [-0.3, -0.25) is 4.79 Å². The Bertz CT molecular complexity index is 775. The van der Waals surface area contributed by atoms with Crippen LogP contribution in [0.5, 0.6) is 0 Å². The summed E-state index contributed by atoms with van der Waals surface area (Å²) < 4.78 is 22.2. The van der Waals surface area contributed by atoms with Crippen LogP contribution in [0.15, 0.2) is 41.9 Å². The molecule has 0 fully saturated rings. The van der Waals surface area contributed by atoms with E-state index in [0.717, 1.165) is 5.56 Å². The molecule has 0 aromatic heterocycles. The van der Waals surface area contributed by atoms with E-state index >= 15 is 0 Å². The van der Waals surface area contributed by atoms with Gasteiger partial charge in [-0.1, -0.05) is 30.3 Å². The van der Waals surface area contributed by atoms with Crippen LogP contribution < -0.4 is 5.32 Å². The highest BCUT2D eigenvalue weighted by Crippen LogP contribution is 2.28. The largest absolute Gasteiger partial charge is 0.509 e. The van der Waals surface area contributed by atoms with Crippen LogP contribution in [0.3, 0.4) is 0 Å². The highest BCUT2D eigenvalue weighted by molar-refractivity contribution is 5.95. The number of carbonyl (C=O) groups excluding carboxylic acids is 2. The van der Waals surface area contributed by atoms with Crippen molar-refractivity contribution in [1.29, 1.82) is 0 Å². The summed E-state index contributed by atoms with van der Waals surface area (Å²) in [6, 6.07) is 8.47. The molecule has 0 spiro atoms. The van der Waals surface area contributed by atoms with E-state index in [-0.39, 0.29) is 18.1 Å². The molecule has 166 valence electrons. The monoisotopic (exact) mass is 421 g/mol. The minimum Gasteiger partial charge on any atom is -0.487 e. The third kappa shape index (κ3) is 6.95. The SMILES string of the molecule is CC(C)(C)OC(=O)O[C@@H](CO)[C@H]1NC(=O)C(OC(C)(C)C)=C1OCc1ccccc1. The number of hydrogen-bond donors (Lipinski definition) is 2. The molecule has 1 aromatic rings. The molecule has 1 aromatic carbocycles. The molecule has 0 radical (unpaired) electrons. The molecule has 0 unspecified atom stereocenters. The molecule has 30 heavy (non-hydrogen) atoms. The molecule has 1 amide bonds. The molecule has 1 aliphatic rings. The number of nitrogens with one attached hydrogen (secondary N) is 1. The number of hydrogen-bond acceptors (Lipinski definition) is 7. The van der Waals surface area contributed by atoms with Gasteiger partial charge in [-0.15, -0.1) is 0 Å². The Labute approximate surface area is 177 Å². The van der Waals surface area contributed by atoms with E-state index < -0.39 is 42.0 Å². The van der Waals surface area contributed by atoms with Gasteiger partial charge in [0.2, 0.25) is 5.76 Å². The van der Waals surface area contributed by atoms with Crippen molar-refractivity contribution in [2.45, 2.75) is 71.5 Å². The van der Waals surface area contributed by atoms with Gasteiger partial charge in [0.05, 0.1) is 6.61 Å². The van der Waals surface area contributed by atoms with Gasteiger partial charge >= 0.3 is 6.16 Å². The summed E-state index contributed by atoms with van der Waals surface area (Å²) in [6.07, 6.45) is -2.07. The lowest BCUT2D eigenvalue weighted by molar-refractivity contribution is -0.123. The molecule has 0 saturated carbocycles. The number of rotatable bonds is 7. The van der Waals surface area contributed by atoms with E-state index in [0.29, 0.717) is 0 Å². The third-order valence-electron chi connectivity index (χ3n) is 3.83. The van der Waals surface area contributed by atoms with Crippen LogP contribution in [0.25, 0.3) is 0 Å². The van der Waals surface area contributed by atoms with Gasteiger partial charge < -0.3 is 29.4 Å². The van der Waals surface area contributed by atoms with Crippen molar-refractivity contribution in [1.82, 2.24) is 5.32 Å². The minimum absolute atomic E-state index is 0.00494. The predicted molar refractivity (Wildman–Crippen MR) is 109 cm³/mol. The molecule has 2 atom stereocenters. The Hall–Kier alpha value is -2.74. The molecule has 0 saturated heterocycles. The molecule has 1 aliphatic heterocycles. The Kier molecular flexibility index (Phi) is 7.36. The fraction of sp³-hybridized carbons (Fsp3) is 0.545. The molecule has 8 nitrogen and oxygen atoms in total. The first kappa shape index (κ1) is 23.5. The Balaban J connectivity index is 2.27. The summed E-state index contributed by atoms with van der Waals surface area (Å²) in [5, 5.41) is 12.5. The van der Waals surface area contributed by atoms with Crippen LogP contribution in [0.4, 0.5) is 4.79 Å². The summed E-state index contributed by atoms with van der Waals surface area (Å²) in [5.74, 6) is -0.347. The van der Waals surface area contributed by atoms with Gasteiger partial charge in [-0.05, 0) is 47.1 Å². The average molecular weight is 421 g/mol. The van der Waals surface area contributed by atoms with Crippen molar-refractivity contribution < 1.29 is 33.6 Å². The Morgan fingerprint density at radius 3 is 2.27 bits per heavy atom. The first-order valence-electron chi connectivity index (χ1n) is 9.81. The maximum atomic E-state index is 12.6. The van der Waals surface area contributed by atoms with Crippen LogP contribution in [0, 0.1) is 0 Å². The summed E-state index contributed by atoms with van der Waals surface area (Å²) in [7, 11) is 0. The van der Waals surface area contributed by atoms with E-state index in [1.165, 1.54) is 0 Å². The quantitative estimate of drug-likeness (QED) is 0.652. The fourth-order valence-electron chi connectivity index (χ4n) is 2.69. The molecule has 1 heterocycles. The van der Waals surface area contributed by atoms with Crippen LogP contribution in [0.1, 0.15) is 47.1 Å². The zero-order chi connectivity index (χ0) is 22.5. The van der Waals surface area contributed by atoms with Gasteiger partial charge in [-0.2, -0.15) is 0 Å². The second-order valence-electron chi connectivity index (χ2n) is 8.94. The fourth-order valence-corrected chi connectivity index (χ4v) is 2.69. The Morgan fingerprint density at radius 1 is 1.10 bits per heavy atom. The second kappa shape index (κ2) is 9.38. The molecular formula is C22H31NO7. The zero-order valence-electron chi connectivity index (χ0n) is 18.4. The molecule has 0 bridgehead atoms. The smallest absolute Gasteiger partial charge is 0.487 e. The standard InChI is InChI=1S/C22H31NO7/c1-21(2,3)29-18-17(27-13-14-10-8-7-9-11-14)16(23-19(18)25)15(12-24)28-20(26)30-22(4,5)6/h7-11,15-16,24H,12-13H2,1-6H3,(H,23,25)/t15-,16+/m0/s1. The summed E-state index contributed by atoms with van der Waals surface area (Å²) in [4.78, 5) is 24.7. The third-order valence-corrected chi connectivity index (χ3v) is 3.83. The number of benzene rings is 1. The lowest BCUT2D eigenvalue weighted by atomic mass is 10.1. The van der Waals surface area contributed by atoms with Gasteiger partial charge in [0.1, 0.15) is 23.9 Å². The van der Waals surface area contributed by atoms with Gasteiger partial charge in [-0.25, -0.2) is 4.79 Å².